The van der Waals surface area contributed by atoms with E-state index >= 15 is 0 Å². The van der Waals surface area contributed by atoms with Gasteiger partial charge in [-0.2, -0.15) is 0 Å². The Labute approximate surface area is 236 Å². The molecule has 0 aliphatic rings. The first-order valence-corrected chi connectivity index (χ1v) is 13.8. The van der Waals surface area contributed by atoms with E-state index in [1.165, 1.54) is 33.0 Å². The Hall–Kier alpha value is -4.60. The van der Waals surface area contributed by atoms with Crippen LogP contribution in [0.3, 0.4) is 0 Å². The van der Waals surface area contributed by atoms with Gasteiger partial charge in [0.05, 0.1) is 5.52 Å². The second-order valence-electron chi connectivity index (χ2n) is 9.68. The Morgan fingerprint density at radius 3 is 1.51 bits per heavy atom. The average Bonchev–Trinajstić information content (AvgIpc) is 3.38. The minimum absolute atomic E-state index is 1.07. The first-order chi connectivity index (χ1) is 19.2. The third-order valence-electron chi connectivity index (χ3n) is 7.29. The van der Waals surface area contributed by atoms with Gasteiger partial charge in [-0.3, -0.25) is 0 Å². The fourth-order valence-electron chi connectivity index (χ4n) is 5.33. The summed E-state index contributed by atoms with van der Waals surface area (Å²) in [5.74, 6) is 0. The molecule has 1 aromatic heterocycles. The maximum atomic E-state index is 3.71. The van der Waals surface area contributed by atoms with Gasteiger partial charge in [-0.05, 0) is 86.7 Å². The van der Waals surface area contributed by atoms with Gasteiger partial charge < -0.3 is 9.88 Å². The predicted molar refractivity (Wildman–Crippen MR) is 169 cm³/mol. The van der Waals surface area contributed by atoms with Crippen molar-refractivity contribution in [2.45, 2.75) is 0 Å². The van der Waals surface area contributed by atoms with E-state index in [-0.39, 0.29) is 0 Å². The quantitative estimate of drug-likeness (QED) is 0.220. The minimum atomic E-state index is 1.07. The lowest BCUT2D eigenvalue weighted by atomic mass is 10.0. The Bertz CT molecular complexity index is 1810. The molecule has 0 unspecified atom stereocenters. The van der Waals surface area contributed by atoms with Crippen molar-refractivity contribution < 1.29 is 0 Å². The van der Waals surface area contributed by atoms with Crippen molar-refractivity contribution in [3.8, 4) is 22.3 Å². The third kappa shape index (κ3) is 4.41. The van der Waals surface area contributed by atoms with Crippen LogP contribution in [0.4, 0.5) is 17.1 Å². The van der Waals surface area contributed by atoms with Gasteiger partial charge in [0.1, 0.15) is 0 Å². The van der Waals surface area contributed by atoms with E-state index in [1.54, 1.807) is 0 Å². The summed E-state index contributed by atoms with van der Waals surface area (Å²) in [5, 5.41) is 2.41. The molecule has 0 saturated heterocycles. The molecule has 0 saturated carbocycles. The number of halogens is 1. The van der Waals surface area contributed by atoms with Crippen LogP contribution in [-0.2, 0) is 0 Å². The summed E-state index contributed by atoms with van der Waals surface area (Å²) in [6.07, 6.45) is 0. The maximum Gasteiger partial charge on any atom is 0.0609 e. The van der Waals surface area contributed by atoms with Crippen LogP contribution in [0.1, 0.15) is 0 Å². The maximum absolute atomic E-state index is 3.71. The number of hydrogen-bond acceptors (Lipinski definition) is 1. The Morgan fingerprint density at radius 1 is 0.436 bits per heavy atom. The standard InChI is InChI=1S/C36H25BrN2/c37-34-13-7-12-32-33-24-31(22-23-35(33)38-36(32)34)39(29-18-14-27(15-19-29)25-8-3-1-4-9-25)30-20-16-28(17-21-30)26-10-5-2-6-11-26/h1-24,38H. The molecule has 0 aliphatic carbocycles. The first-order valence-electron chi connectivity index (χ1n) is 13.1. The molecule has 0 amide bonds. The van der Waals surface area contributed by atoms with Crippen LogP contribution in [0.25, 0.3) is 44.1 Å². The van der Waals surface area contributed by atoms with Crippen LogP contribution in [0.2, 0.25) is 0 Å². The van der Waals surface area contributed by atoms with Gasteiger partial charge in [0.25, 0.3) is 0 Å². The molecule has 1 heterocycles. The summed E-state index contributed by atoms with van der Waals surface area (Å²) in [6.45, 7) is 0. The van der Waals surface area contributed by atoms with E-state index in [0.29, 0.717) is 0 Å². The molecule has 0 atom stereocenters. The highest BCUT2D eigenvalue weighted by molar-refractivity contribution is 9.10. The van der Waals surface area contributed by atoms with Gasteiger partial charge in [-0.15, -0.1) is 0 Å². The number of anilines is 3. The number of nitrogens with zero attached hydrogens (tertiary/aromatic N) is 1. The van der Waals surface area contributed by atoms with Crippen molar-refractivity contribution in [3.05, 3.63) is 150 Å². The van der Waals surface area contributed by atoms with Crippen molar-refractivity contribution in [2.24, 2.45) is 0 Å². The number of aromatic amines is 1. The summed E-state index contributed by atoms with van der Waals surface area (Å²) < 4.78 is 1.07. The van der Waals surface area contributed by atoms with E-state index in [9.17, 15) is 0 Å². The van der Waals surface area contributed by atoms with E-state index in [4.69, 9.17) is 0 Å². The van der Waals surface area contributed by atoms with Crippen molar-refractivity contribution in [1.82, 2.24) is 4.98 Å². The monoisotopic (exact) mass is 564 g/mol. The van der Waals surface area contributed by atoms with Gasteiger partial charge in [0.15, 0.2) is 0 Å². The van der Waals surface area contributed by atoms with Crippen LogP contribution >= 0.6 is 15.9 Å². The molecule has 6 aromatic carbocycles. The number of fused-ring (bicyclic) bond motifs is 3. The minimum Gasteiger partial charge on any atom is -0.354 e. The summed E-state index contributed by atoms with van der Waals surface area (Å²) >= 11 is 3.71. The summed E-state index contributed by atoms with van der Waals surface area (Å²) in [5.41, 5.74) is 10.4. The number of aromatic nitrogens is 1. The van der Waals surface area contributed by atoms with Crippen LogP contribution in [0, 0.1) is 0 Å². The van der Waals surface area contributed by atoms with Gasteiger partial charge in [0, 0.05) is 37.8 Å². The normalized spacial score (nSPS) is 11.2. The van der Waals surface area contributed by atoms with E-state index in [1.807, 2.05) is 0 Å². The number of H-pyrrole nitrogens is 1. The molecule has 7 rings (SSSR count). The van der Waals surface area contributed by atoms with Crippen LogP contribution in [-0.4, -0.2) is 4.98 Å². The highest BCUT2D eigenvalue weighted by Gasteiger charge is 2.16. The molecule has 39 heavy (non-hydrogen) atoms. The fourth-order valence-corrected chi connectivity index (χ4v) is 5.79. The molecule has 0 spiro atoms. The van der Waals surface area contributed by atoms with E-state index in [0.717, 1.165) is 32.6 Å². The molecule has 0 bridgehead atoms. The molecule has 186 valence electrons. The van der Waals surface area contributed by atoms with Crippen molar-refractivity contribution in [2.75, 3.05) is 4.90 Å². The topological polar surface area (TPSA) is 19.0 Å². The Kier molecular flexibility index (Phi) is 5.99. The number of rotatable bonds is 5. The summed E-state index contributed by atoms with van der Waals surface area (Å²) in [7, 11) is 0. The lowest BCUT2D eigenvalue weighted by Gasteiger charge is -2.26. The lowest BCUT2D eigenvalue weighted by molar-refractivity contribution is 1.29. The van der Waals surface area contributed by atoms with Gasteiger partial charge in [-0.25, -0.2) is 0 Å². The smallest absolute Gasteiger partial charge is 0.0609 e. The SMILES string of the molecule is Brc1cccc2c1[nH]c1ccc(N(c3ccc(-c4ccccc4)cc3)c3ccc(-c4ccccc4)cc3)cc12. The zero-order chi connectivity index (χ0) is 26.2. The van der Waals surface area contributed by atoms with Gasteiger partial charge >= 0.3 is 0 Å². The van der Waals surface area contributed by atoms with Gasteiger partial charge in [0.2, 0.25) is 0 Å². The van der Waals surface area contributed by atoms with Crippen LogP contribution in [0.5, 0.6) is 0 Å². The zero-order valence-electron chi connectivity index (χ0n) is 21.2. The molecule has 0 fully saturated rings. The third-order valence-corrected chi connectivity index (χ3v) is 7.95. The predicted octanol–water partition coefficient (Wildman–Crippen LogP) is 10.9. The van der Waals surface area contributed by atoms with Crippen molar-refractivity contribution in [3.63, 3.8) is 0 Å². The molecular formula is C36H25BrN2. The molecule has 7 aromatic rings. The number of para-hydroxylation sites is 1. The van der Waals surface area contributed by atoms with Crippen molar-refractivity contribution >= 4 is 54.8 Å². The Morgan fingerprint density at radius 2 is 0.949 bits per heavy atom. The number of hydrogen-bond donors (Lipinski definition) is 1. The molecular weight excluding hydrogens is 540 g/mol. The average molecular weight is 566 g/mol. The molecule has 2 nitrogen and oxygen atoms in total. The summed E-state index contributed by atoms with van der Waals surface area (Å²) in [4.78, 5) is 5.91. The number of benzene rings is 6. The second kappa shape index (κ2) is 9.94. The second-order valence-corrected chi connectivity index (χ2v) is 10.5. The van der Waals surface area contributed by atoms with Gasteiger partial charge in [-0.1, -0.05) is 97.1 Å². The molecule has 0 aliphatic heterocycles. The largest absolute Gasteiger partial charge is 0.354 e. The van der Waals surface area contributed by atoms with E-state index in [2.05, 4.69) is 171 Å². The molecule has 1 N–H and O–H groups in total. The highest BCUT2D eigenvalue weighted by atomic mass is 79.9. The van der Waals surface area contributed by atoms with Crippen LogP contribution < -0.4 is 4.90 Å². The van der Waals surface area contributed by atoms with Crippen LogP contribution in [0.15, 0.2) is 150 Å². The first kappa shape index (κ1) is 23.5. The Balaban J connectivity index is 1.36. The summed E-state index contributed by atoms with van der Waals surface area (Å²) in [6, 6.07) is 51.7. The number of nitrogens with one attached hydrogen (secondary N) is 1. The molecule has 0 radical (unpaired) electrons. The van der Waals surface area contributed by atoms with E-state index < -0.39 is 0 Å². The van der Waals surface area contributed by atoms with Crippen molar-refractivity contribution in [1.29, 1.82) is 0 Å². The molecule has 3 heteroatoms. The highest BCUT2D eigenvalue weighted by Crippen LogP contribution is 2.39. The lowest BCUT2D eigenvalue weighted by Crippen LogP contribution is -2.09. The zero-order valence-corrected chi connectivity index (χ0v) is 22.8. The fraction of sp³-hybridized carbons (Fsp3) is 0.